The fourth-order valence-electron chi connectivity index (χ4n) is 2.66. The Kier molecular flexibility index (Phi) is 4.85. The molecular weight excluding hydrogens is 300 g/mol. The third-order valence-electron chi connectivity index (χ3n) is 3.95. The van der Waals surface area contributed by atoms with Crippen LogP contribution in [0.4, 0.5) is 5.82 Å². The number of nitrogens with zero attached hydrogens (tertiary/aromatic N) is 3. The Balaban J connectivity index is 1.62. The van der Waals surface area contributed by atoms with Crippen LogP contribution in [0.5, 0.6) is 0 Å². The maximum atomic E-state index is 12.5. The average Bonchev–Trinajstić information content (AvgIpc) is 2.97. The number of aromatic nitrogens is 2. The summed E-state index contributed by atoms with van der Waals surface area (Å²) in [5.74, 6) is 0.548. The van der Waals surface area contributed by atoms with Gasteiger partial charge in [0, 0.05) is 51.5 Å². The molecule has 0 aromatic carbocycles. The standard InChI is InChI=1S/C15H22N4O2S/c1-15(3-2-12-22-15)21-11-10-19-9-6-17-13(14(19)20)18-7-4-16-5-8-18/h2,6,9,12,16H,3-5,7-8,10-11H2,1H3. The Labute approximate surface area is 134 Å². The van der Waals surface area contributed by atoms with Gasteiger partial charge in [0.2, 0.25) is 0 Å². The second-order valence-corrected chi connectivity index (χ2v) is 7.03. The molecule has 1 unspecified atom stereocenters. The number of piperazine rings is 1. The molecule has 1 aromatic heterocycles. The van der Waals surface area contributed by atoms with Crippen LogP contribution in [0.1, 0.15) is 13.3 Å². The van der Waals surface area contributed by atoms with Crippen molar-refractivity contribution in [2.75, 3.05) is 37.7 Å². The van der Waals surface area contributed by atoms with E-state index in [0.29, 0.717) is 19.0 Å². The first-order valence-electron chi connectivity index (χ1n) is 7.66. The lowest BCUT2D eigenvalue weighted by Crippen LogP contribution is -2.46. The first-order valence-corrected chi connectivity index (χ1v) is 8.54. The lowest BCUT2D eigenvalue weighted by atomic mass is 10.3. The normalized spacial score (nSPS) is 24.9. The molecule has 0 amide bonds. The van der Waals surface area contributed by atoms with Crippen LogP contribution in [-0.2, 0) is 11.3 Å². The van der Waals surface area contributed by atoms with E-state index in [1.54, 1.807) is 28.7 Å². The number of ether oxygens (including phenoxy) is 1. The molecule has 0 aliphatic carbocycles. The number of hydrogen-bond donors (Lipinski definition) is 1. The second kappa shape index (κ2) is 6.85. The van der Waals surface area contributed by atoms with E-state index in [1.807, 2.05) is 4.90 Å². The SMILES string of the molecule is CC1(OCCn2ccnc(N3CCNCC3)c2=O)CC=CS1. The minimum atomic E-state index is -0.183. The van der Waals surface area contributed by atoms with Crippen LogP contribution in [0.2, 0.25) is 0 Å². The first-order chi connectivity index (χ1) is 10.7. The summed E-state index contributed by atoms with van der Waals surface area (Å²) in [4.78, 5) is 18.7. The molecule has 2 aliphatic heterocycles. The van der Waals surface area contributed by atoms with E-state index in [-0.39, 0.29) is 10.5 Å². The molecule has 0 radical (unpaired) electrons. The molecule has 0 bridgehead atoms. The summed E-state index contributed by atoms with van der Waals surface area (Å²) >= 11 is 1.69. The van der Waals surface area contributed by atoms with Crippen LogP contribution in [0, 0.1) is 0 Å². The predicted octanol–water partition coefficient (Wildman–Crippen LogP) is 1.04. The number of anilines is 1. The largest absolute Gasteiger partial charge is 0.362 e. The summed E-state index contributed by atoms with van der Waals surface area (Å²) in [7, 11) is 0. The lowest BCUT2D eigenvalue weighted by molar-refractivity contribution is 0.0378. The van der Waals surface area contributed by atoms with E-state index in [9.17, 15) is 4.79 Å². The fraction of sp³-hybridized carbons (Fsp3) is 0.600. The predicted molar refractivity (Wildman–Crippen MR) is 89.3 cm³/mol. The van der Waals surface area contributed by atoms with Gasteiger partial charge in [-0.25, -0.2) is 4.98 Å². The smallest absolute Gasteiger partial charge is 0.293 e. The molecule has 0 saturated carbocycles. The molecule has 1 N–H and O–H groups in total. The zero-order valence-electron chi connectivity index (χ0n) is 12.8. The van der Waals surface area contributed by atoms with Crippen LogP contribution in [0.25, 0.3) is 0 Å². The third-order valence-corrected chi connectivity index (χ3v) is 5.07. The van der Waals surface area contributed by atoms with E-state index in [2.05, 4.69) is 28.7 Å². The molecule has 1 atom stereocenters. The topological polar surface area (TPSA) is 59.4 Å². The van der Waals surface area contributed by atoms with Gasteiger partial charge in [0.15, 0.2) is 5.82 Å². The molecule has 2 aliphatic rings. The van der Waals surface area contributed by atoms with Crippen molar-refractivity contribution < 1.29 is 4.74 Å². The van der Waals surface area contributed by atoms with Gasteiger partial charge in [-0.2, -0.15) is 0 Å². The van der Waals surface area contributed by atoms with Crippen molar-refractivity contribution in [3.8, 4) is 0 Å². The summed E-state index contributed by atoms with van der Waals surface area (Å²) in [6.45, 7) is 6.58. The maximum absolute atomic E-state index is 12.5. The number of rotatable bonds is 5. The zero-order chi connectivity index (χ0) is 15.4. The zero-order valence-corrected chi connectivity index (χ0v) is 13.6. The van der Waals surface area contributed by atoms with Gasteiger partial charge in [0.1, 0.15) is 4.93 Å². The summed E-state index contributed by atoms with van der Waals surface area (Å²) in [5.41, 5.74) is -0.0321. The Morgan fingerprint density at radius 1 is 1.45 bits per heavy atom. The minimum absolute atomic E-state index is 0.0321. The number of nitrogens with one attached hydrogen (secondary N) is 1. The molecule has 22 heavy (non-hydrogen) atoms. The van der Waals surface area contributed by atoms with E-state index in [0.717, 1.165) is 32.6 Å². The highest BCUT2D eigenvalue weighted by Gasteiger charge is 2.26. The van der Waals surface area contributed by atoms with Crippen molar-refractivity contribution in [1.29, 1.82) is 0 Å². The van der Waals surface area contributed by atoms with Crippen molar-refractivity contribution in [1.82, 2.24) is 14.9 Å². The van der Waals surface area contributed by atoms with Crippen molar-refractivity contribution in [3.63, 3.8) is 0 Å². The summed E-state index contributed by atoms with van der Waals surface area (Å²) < 4.78 is 7.63. The van der Waals surface area contributed by atoms with Gasteiger partial charge in [0.25, 0.3) is 5.56 Å². The number of hydrogen-bond acceptors (Lipinski definition) is 6. The Morgan fingerprint density at radius 3 is 3.00 bits per heavy atom. The van der Waals surface area contributed by atoms with Crippen LogP contribution in [0.15, 0.2) is 28.7 Å². The van der Waals surface area contributed by atoms with Crippen molar-refractivity contribution in [3.05, 3.63) is 34.2 Å². The first kappa shape index (κ1) is 15.6. The van der Waals surface area contributed by atoms with Gasteiger partial charge >= 0.3 is 0 Å². The molecule has 0 spiro atoms. The third kappa shape index (κ3) is 3.53. The van der Waals surface area contributed by atoms with Crippen LogP contribution in [0.3, 0.4) is 0 Å². The van der Waals surface area contributed by atoms with Crippen molar-refractivity contribution in [2.24, 2.45) is 0 Å². The molecule has 1 saturated heterocycles. The summed E-state index contributed by atoms with van der Waals surface area (Å²) in [6, 6.07) is 0. The van der Waals surface area contributed by atoms with Crippen molar-refractivity contribution in [2.45, 2.75) is 24.8 Å². The van der Waals surface area contributed by atoms with E-state index in [1.165, 1.54) is 0 Å². The quantitative estimate of drug-likeness (QED) is 0.874. The maximum Gasteiger partial charge on any atom is 0.293 e. The average molecular weight is 322 g/mol. The molecule has 7 heteroatoms. The highest BCUT2D eigenvalue weighted by Crippen LogP contribution is 2.36. The Morgan fingerprint density at radius 2 is 2.27 bits per heavy atom. The molecular formula is C15H22N4O2S. The highest BCUT2D eigenvalue weighted by molar-refractivity contribution is 8.03. The molecule has 120 valence electrons. The van der Waals surface area contributed by atoms with Crippen LogP contribution < -0.4 is 15.8 Å². The van der Waals surface area contributed by atoms with Crippen molar-refractivity contribution >= 4 is 17.6 Å². The van der Waals surface area contributed by atoms with Gasteiger partial charge in [-0.1, -0.05) is 17.8 Å². The summed E-state index contributed by atoms with van der Waals surface area (Å²) in [5, 5.41) is 5.35. The fourth-order valence-corrected chi connectivity index (χ4v) is 3.48. The van der Waals surface area contributed by atoms with Gasteiger partial charge < -0.3 is 19.5 Å². The lowest BCUT2D eigenvalue weighted by Gasteiger charge is -2.28. The monoisotopic (exact) mass is 322 g/mol. The van der Waals surface area contributed by atoms with E-state index < -0.39 is 0 Å². The molecule has 1 aromatic rings. The van der Waals surface area contributed by atoms with Crippen LogP contribution in [-0.4, -0.2) is 47.3 Å². The molecule has 6 nitrogen and oxygen atoms in total. The Hall–Kier alpha value is -1.31. The molecule has 3 heterocycles. The van der Waals surface area contributed by atoms with E-state index >= 15 is 0 Å². The van der Waals surface area contributed by atoms with Gasteiger partial charge in [-0.3, -0.25) is 4.79 Å². The van der Waals surface area contributed by atoms with E-state index in [4.69, 9.17) is 4.74 Å². The van der Waals surface area contributed by atoms with Gasteiger partial charge in [0.05, 0.1) is 6.61 Å². The highest BCUT2D eigenvalue weighted by atomic mass is 32.2. The van der Waals surface area contributed by atoms with Gasteiger partial charge in [-0.05, 0) is 12.3 Å². The summed E-state index contributed by atoms with van der Waals surface area (Å²) in [6.07, 6.45) is 6.47. The molecule has 3 rings (SSSR count). The van der Waals surface area contributed by atoms with Gasteiger partial charge in [-0.15, -0.1) is 0 Å². The number of thioether (sulfide) groups is 1. The minimum Gasteiger partial charge on any atom is -0.362 e. The Bertz CT molecular complexity index is 587. The molecule has 1 fully saturated rings. The second-order valence-electron chi connectivity index (χ2n) is 5.66. The van der Waals surface area contributed by atoms with Crippen LogP contribution >= 0.6 is 11.8 Å².